The van der Waals surface area contributed by atoms with Gasteiger partial charge in [0.15, 0.2) is 0 Å². The third kappa shape index (κ3) is 5.60. The van der Waals surface area contributed by atoms with Crippen molar-refractivity contribution in [1.29, 1.82) is 0 Å². The van der Waals surface area contributed by atoms with E-state index in [0.29, 0.717) is 52.1 Å². The zero-order chi connectivity index (χ0) is 27.9. The summed E-state index contributed by atoms with van der Waals surface area (Å²) < 4.78 is 46.9. The van der Waals surface area contributed by atoms with Gasteiger partial charge in [0, 0.05) is 34.8 Å². The largest absolute Gasteiger partial charge is 0.494 e. The number of aromatic nitrogens is 2. The normalized spacial score (nSPS) is 20.6. The highest BCUT2D eigenvalue weighted by atomic mass is 35.5. The molecule has 39 heavy (non-hydrogen) atoms. The van der Waals surface area contributed by atoms with E-state index in [2.05, 4.69) is 15.4 Å². The van der Waals surface area contributed by atoms with Crippen molar-refractivity contribution in [3.05, 3.63) is 69.7 Å². The molecule has 0 radical (unpaired) electrons. The highest BCUT2D eigenvalue weighted by Gasteiger charge is 2.50. The molecular weight excluding hydrogens is 584 g/mol. The maximum Gasteiger partial charge on any atom is 0.493 e. The summed E-state index contributed by atoms with van der Waals surface area (Å²) in [5.41, 5.74) is 4.56. The van der Waals surface area contributed by atoms with E-state index >= 15 is 0 Å². The number of imidazole rings is 1. The van der Waals surface area contributed by atoms with Gasteiger partial charge in [-0.3, -0.25) is 5.43 Å². The van der Waals surface area contributed by atoms with Crippen molar-refractivity contribution in [3.63, 3.8) is 0 Å². The number of halogens is 6. The van der Waals surface area contributed by atoms with Gasteiger partial charge in [-0.05, 0) is 42.7 Å². The fraction of sp³-hybridized carbons (Fsp3) is 0.292. The molecule has 5 rings (SSSR count). The first-order chi connectivity index (χ1) is 18.5. The number of rotatable bonds is 5. The first kappa shape index (κ1) is 27.4. The number of nitrogens with zero attached hydrogens (tertiary/aromatic N) is 5. The molecule has 2 fully saturated rings. The topological polar surface area (TPSA) is 84.2 Å². The lowest BCUT2D eigenvalue weighted by atomic mass is 9.88. The van der Waals surface area contributed by atoms with Gasteiger partial charge in [0.25, 0.3) is 0 Å². The number of aliphatic imine (C=N–C) groups is 1. The molecule has 2 aliphatic rings. The minimum atomic E-state index is -5.22. The van der Waals surface area contributed by atoms with Gasteiger partial charge in [-0.1, -0.05) is 40.9 Å². The van der Waals surface area contributed by atoms with Crippen LogP contribution < -0.4 is 10.2 Å². The second-order valence-electron chi connectivity index (χ2n) is 8.73. The summed E-state index contributed by atoms with van der Waals surface area (Å²) >= 11 is 18.4. The smallest absolute Gasteiger partial charge is 0.493 e. The molecule has 0 bridgehead atoms. The lowest BCUT2D eigenvalue weighted by Gasteiger charge is -2.38. The minimum absolute atomic E-state index is 0.116. The van der Waals surface area contributed by atoms with E-state index in [1.54, 1.807) is 52.2 Å². The van der Waals surface area contributed by atoms with Gasteiger partial charge in [0.2, 0.25) is 5.96 Å². The van der Waals surface area contributed by atoms with E-state index in [0.717, 1.165) is 5.06 Å². The van der Waals surface area contributed by atoms with E-state index in [1.807, 2.05) is 0 Å². The number of carbonyl (C=O) groups is 1. The summed E-state index contributed by atoms with van der Waals surface area (Å²) in [5, 5.41) is 3.56. The molecule has 1 N–H and O–H groups in total. The number of hydrogen-bond donors (Lipinski definition) is 1. The van der Waals surface area contributed by atoms with Gasteiger partial charge >= 0.3 is 12.1 Å². The minimum Gasteiger partial charge on any atom is -0.494 e. The Morgan fingerprint density at radius 1 is 1.18 bits per heavy atom. The summed E-state index contributed by atoms with van der Waals surface area (Å²) in [7, 11) is 1.46. The van der Waals surface area contributed by atoms with Crippen molar-refractivity contribution in [2.45, 2.75) is 31.1 Å². The van der Waals surface area contributed by atoms with E-state index < -0.39 is 24.2 Å². The average Bonchev–Trinajstić information content (AvgIpc) is 3.46. The molecule has 0 saturated carbocycles. The molecule has 3 heterocycles. The van der Waals surface area contributed by atoms with Crippen molar-refractivity contribution in [2.75, 3.05) is 13.7 Å². The third-order valence-corrected chi connectivity index (χ3v) is 7.05. The molecule has 9 nitrogen and oxygen atoms in total. The van der Waals surface area contributed by atoms with E-state index in [1.165, 1.54) is 13.4 Å². The third-order valence-electron chi connectivity index (χ3n) is 6.29. The number of hydrazine groups is 1. The van der Waals surface area contributed by atoms with Gasteiger partial charge in [0.05, 0.1) is 18.5 Å². The SMILES string of the molecule is COc1cc(N=C2NN3CCCC(c4ccc(Cl)cc4Cl)C3N2OC(=O)C(F)(F)F)ccc1-n1cnc(Cl)c1. The van der Waals surface area contributed by atoms with Crippen molar-refractivity contribution in [3.8, 4) is 11.4 Å². The van der Waals surface area contributed by atoms with Crippen LogP contribution in [-0.4, -0.2) is 57.5 Å². The van der Waals surface area contributed by atoms with Crippen LogP contribution >= 0.6 is 34.8 Å². The molecule has 0 aliphatic carbocycles. The van der Waals surface area contributed by atoms with Crippen LogP contribution in [0.5, 0.6) is 5.75 Å². The number of fused-ring (bicyclic) bond motifs is 1. The number of ether oxygens (including phenoxy) is 1. The zero-order valence-corrected chi connectivity index (χ0v) is 22.4. The molecule has 2 aromatic carbocycles. The maximum atomic E-state index is 13.3. The van der Waals surface area contributed by atoms with Crippen LogP contribution in [0.4, 0.5) is 18.9 Å². The Morgan fingerprint density at radius 3 is 2.64 bits per heavy atom. The number of hydrogen-bond acceptors (Lipinski definition) is 6. The standard InChI is InChI=1S/C24H20Cl3F3N6O3/c1-38-19-10-14(5-7-18(19)34-11-20(27)31-12-34)32-23-33-35-8-2-3-16(15-6-4-13(25)9-17(15)26)21(35)36(23)39-22(37)24(28,29)30/h4-7,9-12,16,21H,2-3,8H2,1H3,(H,32,33). The summed E-state index contributed by atoms with van der Waals surface area (Å²) in [6, 6.07) is 9.79. The molecule has 2 aliphatic heterocycles. The van der Waals surface area contributed by atoms with Gasteiger partial charge in [-0.15, -0.1) is 0 Å². The van der Waals surface area contributed by atoms with Crippen LogP contribution in [0.3, 0.4) is 0 Å². The highest BCUT2D eigenvalue weighted by Crippen LogP contribution is 2.41. The first-order valence-electron chi connectivity index (χ1n) is 11.6. The Balaban J connectivity index is 1.54. The second-order valence-corrected chi connectivity index (χ2v) is 9.96. The quantitative estimate of drug-likeness (QED) is 0.390. The number of alkyl halides is 3. The highest BCUT2D eigenvalue weighted by molar-refractivity contribution is 6.35. The van der Waals surface area contributed by atoms with Crippen LogP contribution in [0.15, 0.2) is 53.9 Å². The molecule has 2 atom stereocenters. The Kier molecular flexibility index (Phi) is 7.55. The first-order valence-corrected chi connectivity index (χ1v) is 12.7. The van der Waals surface area contributed by atoms with Crippen molar-refractivity contribution >= 4 is 52.4 Å². The fourth-order valence-corrected chi connectivity index (χ4v) is 5.33. The summed E-state index contributed by atoms with van der Waals surface area (Å²) in [6.45, 7) is 0.453. The predicted molar refractivity (Wildman–Crippen MR) is 138 cm³/mol. The molecule has 2 saturated heterocycles. The monoisotopic (exact) mass is 602 g/mol. The van der Waals surface area contributed by atoms with Gasteiger partial charge in [0.1, 0.15) is 23.4 Å². The molecule has 0 amide bonds. The number of methoxy groups -OCH3 is 1. The van der Waals surface area contributed by atoms with E-state index in [9.17, 15) is 18.0 Å². The molecule has 206 valence electrons. The van der Waals surface area contributed by atoms with Crippen molar-refractivity contribution < 1.29 is 27.5 Å². The molecule has 15 heteroatoms. The Morgan fingerprint density at radius 2 is 1.97 bits per heavy atom. The van der Waals surface area contributed by atoms with Crippen LogP contribution in [-0.2, 0) is 9.63 Å². The molecule has 2 unspecified atom stereocenters. The van der Waals surface area contributed by atoms with Crippen LogP contribution in [0.25, 0.3) is 5.69 Å². The van der Waals surface area contributed by atoms with Gasteiger partial charge < -0.3 is 14.1 Å². The van der Waals surface area contributed by atoms with Crippen LogP contribution in [0.1, 0.15) is 24.3 Å². The fourth-order valence-electron chi connectivity index (χ4n) is 4.63. The maximum absolute atomic E-state index is 13.3. The van der Waals surface area contributed by atoms with E-state index in [4.69, 9.17) is 44.4 Å². The van der Waals surface area contributed by atoms with Crippen molar-refractivity contribution in [2.24, 2.45) is 4.99 Å². The average molecular weight is 604 g/mol. The summed E-state index contributed by atoms with van der Waals surface area (Å²) in [6.07, 6.45) is -1.75. The lowest BCUT2D eigenvalue weighted by molar-refractivity contribution is -0.235. The lowest BCUT2D eigenvalue weighted by Crippen LogP contribution is -2.50. The van der Waals surface area contributed by atoms with Crippen LogP contribution in [0, 0.1) is 0 Å². The second kappa shape index (κ2) is 10.8. The molecule has 3 aromatic rings. The summed E-state index contributed by atoms with van der Waals surface area (Å²) in [5.74, 6) is -2.54. The number of benzene rings is 2. The summed E-state index contributed by atoms with van der Waals surface area (Å²) in [4.78, 5) is 25.3. The van der Waals surface area contributed by atoms with E-state index in [-0.39, 0.29) is 11.1 Å². The zero-order valence-electron chi connectivity index (χ0n) is 20.1. The van der Waals surface area contributed by atoms with Gasteiger partial charge in [-0.2, -0.15) is 23.2 Å². The number of hydroxylamine groups is 2. The molecule has 1 aromatic heterocycles. The number of piperidine rings is 1. The Bertz CT molecular complexity index is 1430. The molecular formula is C24H20Cl3F3N6O3. The Hall–Kier alpha value is -3.19. The predicted octanol–water partition coefficient (Wildman–Crippen LogP) is 5.88. The number of nitrogens with one attached hydrogen (secondary N) is 1. The van der Waals surface area contributed by atoms with Crippen LogP contribution in [0.2, 0.25) is 15.2 Å². The Labute approximate surface area is 235 Å². The number of guanidine groups is 1. The van der Waals surface area contributed by atoms with Gasteiger partial charge in [-0.25, -0.2) is 14.8 Å². The number of carbonyl (C=O) groups excluding carboxylic acids is 1. The molecule has 0 spiro atoms. The van der Waals surface area contributed by atoms with Crippen molar-refractivity contribution in [1.82, 2.24) is 25.0 Å².